The predicted octanol–water partition coefficient (Wildman–Crippen LogP) is 0.0687. The number of methoxy groups -OCH3 is 1. The highest BCUT2D eigenvalue weighted by molar-refractivity contribution is 5.76. The smallest absolute Gasteiger partial charge is 0.257 e. The fourth-order valence-electron chi connectivity index (χ4n) is 0.622. The molecule has 0 fully saturated rings. The van der Waals surface area contributed by atoms with Crippen molar-refractivity contribution in [1.29, 1.82) is 0 Å². The molecule has 0 bridgehead atoms. The summed E-state index contributed by atoms with van der Waals surface area (Å²) in [5.74, 6) is -0.184. The number of nitrogens with one attached hydrogen (secondary N) is 2. The Morgan fingerprint density at radius 3 is 2.50 bits per heavy atom. The SMILES string of the molecule is COCCNCC(=O)NOC(C)(C)C. The fraction of sp³-hybridized carbons (Fsp3) is 0.889. The van der Waals surface area contributed by atoms with Crippen LogP contribution in [0.25, 0.3) is 0 Å². The minimum Gasteiger partial charge on any atom is -0.383 e. The molecule has 84 valence electrons. The number of ether oxygens (including phenoxy) is 1. The van der Waals surface area contributed by atoms with E-state index in [1.54, 1.807) is 7.11 Å². The van der Waals surface area contributed by atoms with E-state index in [2.05, 4.69) is 10.8 Å². The summed E-state index contributed by atoms with van der Waals surface area (Å²) in [6.07, 6.45) is 0. The molecule has 0 heterocycles. The Labute approximate surface area is 85.1 Å². The summed E-state index contributed by atoms with van der Waals surface area (Å²) in [4.78, 5) is 16.2. The molecule has 0 aliphatic heterocycles. The molecule has 2 N–H and O–H groups in total. The number of rotatable bonds is 6. The molecular formula is C9H20N2O3. The normalized spacial score (nSPS) is 11.4. The van der Waals surface area contributed by atoms with Gasteiger partial charge in [0.05, 0.1) is 18.8 Å². The van der Waals surface area contributed by atoms with Gasteiger partial charge in [-0.3, -0.25) is 9.63 Å². The first-order valence-electron chi connectivity index (χ1n) is 4.62. The second-order valence-corrected chi connectivity index (χ2v) is 3.91. The Morgan fingerprint density at radius 1 is 1.36 bits per heavy atom. The summed E-state index contributed by atoms with van der Waals surface area (Å²) in [6.45, 7) is 7.08. The van der Waals surface area contributed by atoms with Gasteiger partial charge >= 0.3 is 0 Å². The zero-order chi connectivity index (χ0) is 11.0. The van der Waals surface area contributed by atoms with Crippen LogP contribution in [-0.2, 0) is 14.4 Å². The third-order valence-electron chi connectivity index (χ3n) is 1.24. The van der Waals surface area contributed by atoms with Crippen molar-refractivity contribution in [3.8, 4) is 0 Å². The van der Waals surface area contributed by atoms with Gasteiger partial charge in [-0.1, -0.05) is 0 Å². The molecule has 0 saturated heterocycles. The van der Waals surface area contributed by atoms with Crippen LogP contribution in [0.2, 0.25) is 0 Å². The number of hydrogen-bond acceptors (Lipinski definition) is 4. The summed E-state index contributed by atoms with van der Waals surface area (Å²) in [7, 11) is 1.62. The molecule has 0 unspecified atom stereocenters. The zero-order valence-corrected chi connectivity index (χ0v) is 9.35. The molecule has 0 aromatic carbocycles. The molecular weight excluding hydrogens is 184 g/mol. The summed E-state index contributed by atoms with van der Waals surface area (Å²) in [5, 5.41) is 2.91. The van der Waals surface area contributed by atoms with Crippen LogP contribution in [-0.4, -0.2) is 38.3 Å². The summed E-state index contributed by atoms with van der Waals surface area (Å²) in [6, 6.07) is 0. The second-order valence-electron chi connectivity index (χ2n) is 3.91. The van der Waals surface area contributed by atoms with E-state index in [-0.39, 0.29) is 18.1 Å². The van der Waals surface area contributed by atoms with Crippen molar-refractivity contribution < 1.29 is 14.4 Å². The lowest BCUT2D eigenvalue weighted by Crippen LogP contribution is -2.39. The summed E-state index contributed by atoms with van der Waals surface area (Å²) >= 11 is 0. The standard InChI is InChI=1S/C9H20N2O3/c1-9(2,3)14-11-8(12)7-10-5-6-13-4/h10H,5-7H2,1-4H3,(H,11,12). The van der Waals surface area contributed by atoms with Gasteiger partial charge in [-0.25, -0.2) is 5.48 Å². The molecule has 0 atom stereocenters. The van der Waals surface area contributed by atoms with Crippen LogP contribution < -0.4 is 10.8 Å². The van der Waals surface area contributed by atoms with E-state index in [4.69, 9.17) is 9.57 Å². The van der Waals surface area contributed by atoms with E-state index in [1.807, 2.05) is 20.8 Å². The minimum atomic E-state index is -0.359. The van der Waals surface area contributed by atoms with Crippen molar-refractivity contribution in [3.63, 3.8) is 0 Å². The lowest BCUT2D eigenvalue weighted by Gasteiger charge is -2.18. The summed E-state index contributed by atoms with van der Waals surface area (Å²) < 4.78 is 4.81. The number of hydrogen-bond donors (Lipinski definition) is 2. The molecule has 5 nitrogen and oxygen atoms in total. The van der Waals surface area contributed by atoms with E-state index in [1.165, 1.54) is 0 Å². The predicted molar refractivity (Wildman–Crippen MR) is 53.7 cm³/mol. The molecule has 0 aromatic rings. The van der Waals surface area contributed by atoms with Crippen LogP contribution in [0.3, 0.4) is 0 Å². The van der Waals surface area contributed by atoms with Crippen LogP contribution in [0.15, 0.2) is 0 Å². The van der Waals surface area contributed by atoms with Crippen molar-refractivity contribution in [1.82, 2.24) is 10.8 Å². The summed E-state index contributed by atoms with van der Waals surface area (Å²) in [5.41, 5.74) is 2.00. The third-order valence-corrected chi connectivity index (χ3v) is 1.24. The molecule has 0 aliphatic carbocycles. The van der Waals surface area contributed by atoms with Crippen LogP contribution >= 0.6 is 0 Å². The molecule has 0 aliphatic rings. The van der Waals surface area contributed by atoms with Gasteiger partial charge in [0.15, 0.2) is 0 Å². The van der Waals surface area contributed by atoms with E-state index < -0.39 is 0 Å². The monoisotopic (exact) mass is 204 g/mol. The average molecular weight is 204 g/mol. The first kappa shape index (κ1) is 13.4. The molecule has 0 radical (unpaired) electrons. The van der Waals surface area contributed by atoms with Crippen molar-refractivity contribution in [2.24, 2.45) is 0 Å². The Kier molecular flexibility index (Phi) is 6.44. The van der Waals surface area contributed by atoms with E-state index >= 15 is 0 Å². The van der Waals surface area contributed by atoms with Crippen molar-refractivity contribution in [2.75, 3.05) is 26.8 Å². The first-order chi connectivity index (χ1) is 6.45. The fourth-order valence-corrected chi connectivity index (χ4v) is 0.622. The Morgan fingerprint density at radius 2 is 2.00 bits per heavy atom. The van der Waals surface area contributed by atoms with Crippen LogP contribution in [0.1, 0.15) is 20.8 Å². The zero-order valence-electron chi connectivity index (χ0n) is 9.35. The lowest BCUT2D eigenvalue weighted by atomic mass is 10.2. The molecule has 0 aromatic heterocycles. The van der Waals surface area contributed by atoms with Gasteiger partial charge in [-0.2, -0.15) is 0 Å². The molecule has 0 spiro atoms. The van der Waals surface area contributed by atoms with Crippen molar-refractivity contribution in [3.05, 3.63) is 0 Å². The molecule has 5 heteroatoms. The number of hydroxylamine groups is 1. The highest BCUT2D eigenvalue weighted by Crippen LogP contribution is 2.02. The largest absolute Gasteiger partial charge is 0.383 e. The molecule has 0 saturated carbocycles. The van der Waals surface area contributed by atoms with Gasteiger partial charge in [0, 0.05) is 13.7 Å². The number of carbonyl (C=O) groups excluding carboxylic acids is 1. The highest BCUT2D eigenvalue weighted by Gasteiger charge is 2.12. The van der Waals surface area contributed by atoms with E-state index in [9.17, 15) is 4.79 Å². The van der Waals surface area contributed by atoms with E-state index in [0.29, 0.717) is 13.2 Å². The number of amides is 1. The van der Waals surface area contributed by atoms with E-state index in [0.717, 1.165) is 0 Å². The van der Waals surface area contributed by atoms with Gasteiger partial charge in [-0.15, -0.1) is 0 Å². The topological polar surface area (TPSA) is 59.6 Å². The highest BCUT2D eigenvalue weighted by atomic mass is 16.7. The number of carbonyl (C=O) groups is 1. The molecule has 1 amide bonds. The first-order valence-corrected chi connectivity index (χ1v) is 4.62. The second kappa shape index (κ2) is 6.75. The Balaban J connectivity index is 3.38. The third kappa shape index (κ3) is 9.44. The van der Waals surface area contributed by atoms with Gasteiger partial charge in [0.1, 0.15) is 0 Å². The van der Waals surface area contributed by atoms with Gasteiger partial charge < -0.3 is 10.1 Å². The van der Waals surface area contributed by atoms with Gasteiger partial charge in [0.25, 0.3) is 5.91 Å². The maximum absolute atomic E-state index is 11.1. The van der Waals surface area contributed by atoms with Crippen LogP contribution in [0.5, 0.6) is 0 Å². The van der Waals surface area contributed by atoms with Crippen LogP contribution in [0.4, 0.5) is 0 Å². The Hall–Kier alpha value is -0.650. The minimum absolute atomic E-state index is 0.184. The average Bonchev–Trinajstić information content (AvgIpc) is 2.08. The Bertz CT molecular complexity index is 166. The maximum atomic E-state index is 11.1. The quantitative estimate of drug-likeness (QED) is 0.475. The van der Waals surface area contributed by atoms with Gasteiger partial charge in [0.2, 0.25) is 0 Å². The van der Waals surface area contributed by atoms with Crippen molar-refractivity contribution in [2.45, 2.75) is 26.4 Å². The van der Waals surface area contributed by atoms with Crippen molar-refractivity contribution >= 4 is 5.91 Å². The maximum Gasteiger partial charge on any atom is 0.257 e. The molecule has 14 heavy (non-hydrogen) atoms. The van der Waals surface area contributed by atoms with Crippen LogP contribution in [0, 0.1) is 0 Å². The lowest BCUT2D eigenvalue weighted by molar-refractivity contribution is -0.144. The van der Waals surface area contributed by atoms with Gasteiger partial charge in [-0.05, 0) is 20.8 Å². The molecule has 0 rings (SSSR count).